The molecule has 1 aromatic carbocycles. The van der Waals surface area contributed by atoms with Crippen molar-refractivity contribution in [3.05, 3.63) is 30.3 Å². The zero-order valence-corrected chi connectivity index (χ0v) is 6.31. The summed E-state index contributed by atoms with van der Waals surface area (Å²) in [5, 5.41) is 0. The van der Waals surface area contributed by atoms with Gasteiger partial charge in [-0.1, -0.05) is 12.1 Å². The highest BCUT2D eigenvalue weighted by atomic mass is 19.4. The Hall–Kier alpha value is -1.26. The Balaban J connectivity index is 2.61. The van der Waals surface area contributed by atoms with E-state index < -0.39 is 12.5 Å². The average Bonchev–Trinajstić information content (AvgIpc) is 2.04. The second-order valence-corrected chi connectivity index (χ2v) is 2.21. The summed E-state index contributed by atoms with van der Waals surface area (Å²) in [7, 11) is 0. The third-order valence-corrected chi connectivity index (χ3v) is 1.18. The van der Waals surface area contributed by atoms with Gasteiger partial charge in [0, 0.05) is 0 Å². The molecule has 0 aromatic heterocycles. The molecule has 1 atom stereocenters. The van der Waals surface area contributed by atoms with Gasteiger partial charge in [0.05, 0.1) is 0 Å². The normalized spacial score (nSPS) is 13.8. The monoisotopic (exact) mass is 193 g/mol. The molecule has 1 radical (unpaired) electrons. The number of rotatable bonds is 2. The van der Waals surface area contributed by atoms with E-state index in [9.17, 15) is 17.6 Å². The first-order valence-electron chi connectivity index (χ1n) is 3.34. The molecule has 0 bridgehead atoms. The molecular formula is C8H5F4O. The second-order valence-electron chi connectivity index (χ2n) is 2.21. The maximum Gasteiger partial charge on any atom is 0.457 e. The summed E-state index contributed by atoms with van der Waals surface area (Å²) >= 11 is 0. The average molecular weight is 193 g/mol. The van der Waals surface area contributed by atoms with Gasteiger partial charge in [-0.3, -0.25) is 0 Å². The van der Waals surface area contributed by atoms with Crippen molar-refractivity contribution in [3.8, 4) is 5.75 Å². The highest BCUT2D eigenvalue weighted by Gasteiger charge is 2.42. The van der Waals surface area contributed by atoms with Gasteiger partial charge in [0.15, 0.2) is 0 Å². The Kier molecular flexibility index (Phi) is 2.75. The molecule has 0 aliphatic heterocycles. The van der Waals surface area contributed by atoms with E-state index in [0.29, 0.717) is 0 Å². The van der Waals surface area contributed by atoms with Crippen molar-refractivity contribution in [3.63, 3.8) is 0 Å². The summed E-state index contributed by atoms with van der Waals surface area (Å²) in [4.78, 5) is 0. The number of halogens is 4. The smallest absolute Gasteiger partial charge is 0.452 e. The van der Waals surface area contributed by atoms with Gasteiger partial charge in [-0.25, -0.2) is 0 Å². The standard InChI is InChI=1S/C8H5F4O/c9-7(8(10,11)12)13-6-4-2-1-3-5-6/h1-2,4-5,7H. The molecular weight excluding hydrogens is 188 g/mol. The first-order chi connectivity index (χ1) is 6.00. The van der Waals surface area contributed by atoms with E-state index in [1.807, 2.05) is 0 Å². The van der Waals surface area contributed by atoms with Crippen LogP contribution in [0.15, 0.2) is 24.3 Å². The predicted octanol–water partition coefficient (Wildman–Crippen LogP) is 2.72. The Bertz CT molecular complexity index is 257. The third-order valence-electron chi connectivity index (χ3n) is 1.18. The van der Waals surface area contributed by atoms with Crippen molar-refractivity contribution in [1.82, 2.24) is 0 Å². The molecule has 0 aliphatic carbocycles. The van der Waals surface area contributed by atoms with Gasteiger partial charge in [-0.2, -0.15) is 17.6 Å². The fourth-order valence-corrected chi connectivity index (χ4v) is 0.636. The molecule has 1 nitrogen and oxygen atoms in total. The van der Waals surface area contributed by atoms with E-state index in [-0.39, 0.29) is 5.75 Å². The second kappa shape index (κ2) is 3.64. The van der Waals surface area contributed by atoms with Crippen LogP contribution in [0.5, 0.6) is 5.75 Å². The minimum absolute atomic E-state index is 0.202. The molecule has 0 fully saturated rings. The van der Waals surface area contributed by atoms with Crippen molar-refractivity contribution in [1.29, 1.82) is 0 Å². The van der Waals surface area contributed by atoms with Gasteiger partial charge in [0.2, 0.25) is 0 Å². The van der Waals surface area contributed by atoms with Crippen molar-refractivity contribution in [2.45, 2.75) is 12.5 Å². The van der Waals surface area contributed by atoms with Crippen molar-refractivity contribution >= 4 is 0 Å². The van der Waals surface area contributed by atoms with E-state index in [1.165, 1.54) is 18.2 Å². The molecule has 0 amide bonds. The van der Waals surface area contributed by atoms with Crippen LogP contribution >= 0.6 is 0 Å². The molecule has 71 valence electrons. The van der Waals surface area contributed by atoms with Crippen LogP contribution in [0.25, 0.3) is 0 Å². The Morgan fingerprint density at radius 1 is 1.38 bits per heavy atom. The Morgan fingerprint density at radius 2 is 2.08 bits per heavy atom. The first-order valence-corrected chi connectivity index (χ1v) is 3.34. The van der Waals surface area contributed by atoms with Crippen LogP contribution in [0.3, 0.4) is 0 Å². The van der Waals surface area contributed by atoms with Gasteiger partial charge in [-0.15, -0.1) is 0 Å². The van der Waals surface area contributed by atoms with Crippen LogP contribution in [0.4, 0.5) is 17.6 Å². The van der Waals surface area contributed by atoms with Crippen LogP contribution in [0, 0.1) is 6.07 Å². The maximum atomic E-state index is 12.2. The van der Waals surface area contributed by atoms with Crippen molar-refractivity contribution in [2.75, 3.05) is 0 Å². The summed E-state index contributed by atoms with van der Waals surface area (Å²) in [6, 6.07) is 7.67. The summed E-state index contributed by atoms with van der Waals surface area (Å²) in [6.07, 6.45) is -8.28. The van der Waals surface area contributed by atoms with Gasteiger partial charge >= 0.3 is 12.5 Å². The van der Waals surface area contributed by atoms with E-state index in [4.69, 9.17) is 0 Å². The van der Waals surface area contributed by atoms with Crippen LogP contribution < -0.4 is 4.74 Å². The van der Waals surface area contributed by atoms with Crippen LogP contribution in [0.1, 0.15) is 0 Å². The minimum Gasteiger partial charge on any atom is -0.452 e. The molecule has 0 saturated carbocycles. The lowest BCUT2D eigenvalue weighted by Crippen LogP contribution is -2.29. The third kappa shape index (κ3) is 2.93. The quantitative estimate of drug-likeness (QED) is 0.656. The fourth-order valence-electron chi connectivity index (χ4n) is 0.636. The minimum atomic E-state index is -4.99. The lowest BCUT2D eigenvalue weighted by molar-refractivity contribution is -0.236. The summed E-state index contributed by atoms with van der Waals surface area (Å²) in [5.74, 6) is -0.202. The molecule has 5 heteroatoms. The maximum absolute atomic E-state index is 12.2. The molecule has 0 spiro atoms. The molecule has 1 rings (SSSR count). The van der Waals surface area contributed by atoms with E-state index in [1.54, 1.807) is 0 Å². The SMILES string of the molecule is FC(Oc1c[c]ccc1)C(F)(F)F. The number of hydrogen-bond acceptors (Lipinski definition) is 1. The summed E-state index contributed by atoms with van der Waals surface area (Å²) in [5.41, 5.74) is 0. The number of benzene rings is 1. The largest absolute Gasteiger partial charge is 0.457 e. The predicted molar refractivity (Wildman–Crippen MR) is 36.9 cm³/mol. The lowest BCUT2D eigenvalue weighted by atomic mass is 10.3. The summed E-state index contributed by atoms with van der Waals surface area (Å²) < 4.78 is 51.1. The van der Waals surface area contributed by atoms with Crippen LogP contribution in [-0.4, -0.2) is 12.5 Å². The molecule has 0 aliphatic rings. The number of alkyl halides is 4. The van der Waals surface area contributed by atoms with E-state index >= 15 is 0 Å². The zero-order valence-electron chi connectivity index (χ0n) is 6.31. The molecule has 1 aromatic rings. The fraction of sp³-hybridized carbons (Fsp3) is 0.250. The Morgan fingerprint density at radius 3 is 2.54 bits per heavy atom. The van der Waals surface area contributed by atoms with Crippen LogP contribution in [-0.2, 0) is 0 Å². The molecule has 13 heavy (non-hydrogen) atoms. The van der Waals surface area contributed by atoms with Crippen molar-refractivity contribution in [2.24, 2.45) is 0 Å². The van der Waals surface area contributed by atoms with Gasteiger partial charge in [0.1, 0.15) is 5.75 Å². The van der Waals surface area contributed by atoms with Gasteiger partial charge in [0.25, 0.3) is 0 Å². The molecule has 0 N–H and O–H groups in total. The number of hydrogen-bond donors (Lipinski definition) is 0. The summed E-state index contributed by atoms with van der Waals surface area (Å²) in [6.45, 7) is 0. The topological polar surface area (TPSA) is 9.23 Å². The van der Waals surface area contributed by atoms with E-state index in [0.717, 1.165) is 6.07 Å². The first kappa shape index (κ1) is 9.83. The molecule has 1 unspecified atom stereocenters. The van der Waals surface area contributed by atoms with Crippen LogP contribution in [0.2, 0.25) is 0 Å². The molecule has 0 saturated heterocycles. The zero-order chi connectivity index (χ0) is 9.90. The van der Waals surface area contributed by atoms with Gasteiger partial charge in [-0.05, 0) is 18.2 Å². The highest BCUT2D eigenvalue weighted by Crippen LogP contribution is 2.25. The van der Waals surface area contributed by atoms with E-state index in [2.05, 4.69) is 10.8 Å². The Labute approximate surface area is 71.9 Å². The lowest BCUT2D eigenvalue weighted by Gasteiger charge is -2.13. The van der Waals surface area contributed by atoms with Gasteiger partial charge < -0.3 is 4.74 Å². The number of ether oxygens (including phenoxy) is 1. The molecule has 0 heterocycles. The van der Waals surface area contributed by atoms with Crippen molar-refractivity contribution < 1.29 is 22.3 Å². The highest BCUT2D eigenvalue weighted by molar-refractivity contribution is 5.20.